The van der Waals surface area contributed by atoms with Crippen LogP contribution in [0.2, 0.25) is 0 Å². The molecule has 0 saturated carbocycles. The van der Waals surface area contributed by atoms with Gasteiger partial charge in [0.2, 0.25) is 0 Å². The Kier molecular flexibility index (Phi) is 5.93. The minimum Gasteiger partial charge on any atom is -0.361 e. The fraction of sp³-hybridized carbons (Fsp3) is 0.471. The van der Waals surface area contributed by atoms with E-state index in [1.807, 2.05) is 24.0 Å². The molecule has 0 aliphatic carbocycles. The minimum absolute atomic E-state index is 0.165. The number of aromatic nitrogens is 1. The van der Waals surface area contributed by atoms with E-state index >= 15 is 0 Å². The first-order chi connectivity index (χ1) is 10.9. The van der Waals surface area contributed by atoms with Gasteiger partial charge in [-0.15, -0.1) is 0 Å². The highest BCUT2D eigenvalue weighted by molar-refractivity contribution is 7.99. The van der Waals surface area contributed by atoms with Crippen molar-refractivity contribution in [2.24, 2.45) is 4.99 Å². The summed E-state index contributed by atoms with van der Waals surface area (Å²) in [7, 11) is 1.77. The Morgan fingerprint density at radius 1 is 1.35 bits per heavy atom. The molecule has 2 rings (SSSR count). The van der Waals surface area contributed by atoms with E-state index in [4.69, 9.17) is 0 Å². The molecule has 126 valence electrons. The second-order valence-electron chi connectivity index (χ2n) is 6.07. The van der Waals surface area contributed by atoms with Crippen molar-refractivity contribution in [3.8, 4) is 0 Å². The second-order valence-corrected chi connectivity index (χ2v) is 7.58. The number of halogens is 1. The molecule has 0 amide bonds. The van der Waals surface area contributed by atoms with Crippen LogP contribution in [-0.4, -0.2) is 42.1 Å². The number of nitrogens with zero attached hydrogens (tertiary/aromatic N) is 1. The predicted molar refractivity (Wildman–Crippen MR) is 98.9 cm³/mol. The number of hydrogen-bond donors (Lipinski definition) is 3. The van der Waals surface area contributed by atoms with Crippen molar-refractivity contribution in [1.29, 1.82) is 0 Å². The summed E-state index contributed by atoms with van der Waals surface area (Å²) in [6.45, 7) is 6.01. The van der Waals surface area contributed by atoms with Crippen LogP contribution in [0, 0.1) is 5.82 Å². The first-order valence-corrected chi connectivity index (χ1v) is 8.93. The van der Waals surface area contributed by atoms with Crippen molar-refractivity contribution in [2.45, 2.75) is 25.0 Å². The van der Waals surface area contributed by atoms with Crippen molar-refractivity contribution in [3.05, 3.63) is 35.8 Å². The second kappa shape index (κ2) is 7.73. The molecule has 3 N–H and O–H groups in total. The van der Waals surface area contributed by atoms with E-state index in [0.29, 0.717) is 0 Å². The van der Waals surface area contributed by atoms with Crippen LogP contribution in [0.5, 0.6) is 0 Å². The number of aromatic amines is 1. The molecule has 2 aromatic rings. The van der Waals surface area contributed by atoms with Crippen LogP contribution in [0.25, 0.3) is 10.9 Å². The first kappa shape index (κ1) is 17.7. The standard InChI is InChI=1S/C17H25FN4S/c1-17(2,23-4)11-22-16(19-3)20-8-7-12-10-21-15-9-13(18)5-6-14(12)15/h5-6,9-10,21H,7-8,11H2,1-4H3,(H2,19,20,22). The lowest BCUT2D eigenvalue weighted by molar-refractivity contribution is 0.629. The molecule has 1 heterocycles. The van der Waals surface area contributed by atoms with Gasteiger partial charge >= 0.3 is 0 Å². The lowest BCUT2D eigenvalue weighted by atomic mass is 10.1. The highest BCUT2D eigenvalue weighted by Gasteiger charge is 2.16. The van der Waals surface area contributed by atoms with Crippen LogP contribution in [0.4, 0.5) is 4.39 Å². The fourth-order valence-corrected chi connectivity index (χ4v) is 2.49. The topological polar surface area (TPSA) is 52.2 Å². The van der Waals surface area contributed by atoms with Crippen LogP contribution in [0.1, 0.15) is 19.4 Å². The monoisotopic (exact) mass is 336 g/mol. The molecule has 0 aliphatic heterocycles. The van der Waals surface area contributed by atoms with E-state index < -0.39 is 0 Å². The van der Waals surface area contributed by atoms with Gasteiger partial charge in [0.25, 0.3) is 0 Å². The molecule has 0 atom stereocenters. The third kappa shape index (κ3) is 4.89. The SMILES string of the molecule is CN=C(NCCc1c[nH]c2cc(F)ccc12)NCC(C)(C)SC. The maximum atomic E-state index is 13.2. The van der Waals surface area contributed by atoms with Crippen molar-refractivity contribution in [1.82, 2.24) is 15.6 Å². The van der Waals surface area contributed by atoms with Gasteiger partial charge in [-0.1, -0.05) is 0 Å². The molecule has 23 heavy (non-hydrogen) atoms. The van der Waals surface area contributed by atoms with Gasteiger partial charge in [-0.05, 0) is 50.3 Å². The largest absolute Gasteiger partial charge is 0.361 e. The quantitative estimate of drug-likeness (QED) is 0.561. The smallest absolute Gasteiger partial charge is 0.191 e. The number of fused-ring (bicyclic) bond motifs is 1. The Hall–Kier alpha value is -1.69. The van der Waals surface area contributed by atoms with Crippen LogP contribution in [-0.2, 0) is 6.42 Å². The zero-order valence-corrected chi connectivity index (χ0v) is 15.0. The molecular formula is C17H25FN4S. The normalized spacial score (nSPS) is 12.7. The fourth-order valence-electron chi connectivity index (χ4n) is 2.27. The summed E-state index contributed by atoms with van der Waals surface area (Å²) < 4.78 is 13.4. The minimum atomic E-state index is -0.218. The summed E-state index contributed by atoms with van der Waals surface area (Å²) in [6, 6.07) is 4.85. The number of thioether (sulfide) groups is 1. The van der Waals surface area contributed by atoms with Crippen LogP contribution in [0.15, 0.2) is 29.4 Å². The van der Waals surface area contributed by atoms with Crippen LogP contribution >= 0.6 is 11.8 Å². The third-order valence-electron chi connectivity index (χ3n) is 3.87. The number of rotatable bonds is 6. The Labute approximate surface area is 141 Å². The van der Waals surface area contributed by atoms with Gasteiger partial charge in [0.05, 0.1) is 0 Å². The molecule has 0 aliphatic rings. The van der Waals surface area contributed by atoms with Crippen LogP contribution < -0.4 is 10.6 Å². The molecule has 0 fully saturated rings. The van der Waals surface area contributed by atoms with Gasteiger partial charge in [0.1, 0.15) is 5.82 Å². The molecule has 0 radical (unpaired) electrons. The van der Waals surface area contributed by atoms with E-state index in [1.54, 1.807) is 7.05 Å². The summed E-state index contributed by atoms with van der Waals surface area (Å²) in [6.07, 6.45) is 4.90. The number of nitrogens with one attached hydrogen (secondary N) is 3. The summed E-state index contributed by atoms with van der Waals surface area (Å²) >= 11 is 1.82. The third-order valence-corrected chi connectivity index (χ3v) is 5.12. The summed E-state index contributed by atoms with van der Waals surface area (Å²) in [5.74, 6) is 0.586. The molecule has 0 spiro atoms. The van der Waals surface area contributed by atoms with Gasteiger partial charge in [0, 0.05) is 42.0 Å². The van der Waals surface area contributed by atoms with E-state index in [0.717, 1.165) is 36.4 Å². The number of H-pyrrole nitrogens is 1. The average Bonchev–Trinajstić information content (AvgIpc) is 2.92. The molecule has 0 bridgehead atoms. The Morgan fingerprint density at radius 3 is 2.83 bits per heavy atom. The first-order valence-electron chi connectivity index (χ1n) is 7.70. The highest BCUT2D eigenvalue weighted by Crippen LogP contribution is 2.20. The van der Waals surface area contributed by atoms with Gasteiger partial charge in [0.15, 0.2) is 5.96 Å². The molecule has 4 nitrogen and oxygen atoms in total. The van der Waals surface area contributed by atoms with Gasteiger partial charge in [-0.3, -0.25) is 4.99 Å². The maximum Gasteiger partial charge on any atom is 0.191 e. The zero-order valence-electron chi connectivity index (χ0n) is 14.2. The molecule has 6 heteroatoms. The maximum absolute atomic E-state index is 13.2. The number of aliphatic imine (C=N–C) groups is 1. The zero-order chi connectivity index (χ0) is 16.9. The molecule has 1 aromatic carbocycles. The Balaban J connectivity index is 1.87. The van der Waals surface area contributed by atoms with Gasteiger partial charge < -0.3 is 15.6 Å². The van der Waals surface area contributed by atoms with E-state index in [9.17, 15) is 4.39 Å². The summed E-state index contributed by atoms with van der Waals surface area (Å²) in [4.78, 5) is 7.36. The van der Waals surface area contributed by atoms with Crippen LogP contribution in [0.3, 0.4) is 0 Å². The highest BCUT2D eigenvalue weighted by atomic mass is 32.2. The molecule has 1 aromatic heterocycles. The summed E-state index contributed by atoms with van der Waals surface area (Å²) in [5.41, 5.74) is 2.01. The number of benzene rings is 1. The lowest BCUT2D eigenvalue weighted by Crippen LogP contribution is -2.43. The molecule has 0 saturated heterocycles. The van der Waals surface area contributed by atoms with Crippen molar-refractivity contribution < 1.29 is 4.39 Å². The molecule has 0 unspecified atom stereocenters. The Morgan fingerprint density at radius 2 is 2.13 bits per heavy atom. The van der Waals surface area contributed by atoms with E-state index in [2.05, 4.69) is 40.7 Å². The Bertz CT molecular complexity index is 678. The lowest BCUT2D eigenvalue weighted by Gasteiger charge is -2.23. The number of guanidine groups is 1. The molecular weight excluding hydrogens is 311 g/mol. The predicted octanol–water partition coefficient (Wildman–Crippen LogP) is 3.16. The van der Waals surface area contributed by atoms with Crippen molar-refractivity contribution in [2.75, 3.05) is 26.4 Å². The number of hydrogen-bond acceptors (Lipinski definition) is 2. The van der Waals surface area contributed by atoms with E-state index in [1.165, 1.54) is 17.7 Å². The average molecular weight is 336 g/mol. The van der Waals surface area contributed by atoms with Gasteiger partial charge in [-0.2, -0.15) is 11.8 Å². The van der Waals surface area contributed by atoms with Crippen molar-refractivity contribution in [3.63, 3.8) is 0 Å². The van der Waals surface area contributed by atoms with Crippen molar-refractivity contribution >= 4 is 28.6 Å². The van der Waals surface area contributed by atoms with E-state index in [-0.39, 0.29) is 10.6 Å². The van der Waals surface area contributed by atoms with Gasteiger partial charge in [-0.25, -0.2) is 4.39 Å². The summed E-state index contributed by atoms with van der Waals surface area (Å²) in [5, 5.41) is 7.74.